The molecule has 0 bridgehead atoms. The van der Waals surface area contributed by atoms with Gasteiger partial charge in [0.2, 0.25) is 11.6 Å². The number of carbonyl (C=O) groups is 2. The molecule has 0 aliphatic heterocycles. The fraction of sp³-hybridized carbons (Fsp3) is 0.294. The summed E-state index contributed by atoms with van der Waals surface area (Å²) in [6, 6.07) is 0.0282. The molecule has 1 aromatic heterocycles. The van der Waals surface area contributed by atoms with E-state index in [1.807, 2.05) is 0 Å². The van der Waals surface area contributed by atoms with E-state index >= 15 is 0 Å². The standard InChI is InChI=1S/C17H15F4NO4S/c1-4-25-17(24)12-7(2)8(3)27-16(12)22-11(23)6-26-15-13(20)9(18)5-10(19)14(15)21/h5H,4,6H2,1-3H3,(H,22,23). The number of esters is 1. The second-order valence-electron chi connectivity index (χ2n) is 5.34. The molecule has 146 valence electrons. The van der Waals surface area contributed by atoms with E-state index in [-0.39, 0.29) is 23.2 Å². The molecule has 1 N–H and O–H groups in total. The zero-order chi connectivity index (χ0) is 20.3. The van der Waals surface area contributed by atoms with Crippen LogP contribution in [-0.2, 0) is 9.53 Å². The summed E-state index contributed by atoms with van der Waals surface area (Å²) in [5.74, 6) is -9.68. The monoisotopic (exact) mass is 405 g/mol. The number of amides is 1. The first-order valence-electron chi connectivity index (χ1n) is 7.70. The van der Waals surface area contributed by atoms with E-state index < -0.39 is 47.5 Å². The first kappa shape index (κ1) is 20.7. The minimum absolute atomic E-state index is 0.0282. The highest BCUT2D eigenvalue weighted by molar-refractivity contribution is 7.16. The van der Waals surface area contributed by atoms with Crippen molar-refractivity contribution in [1.29, 1.82) is 0 Å². The summed E-state index contributed by atoms with van der Waals surface area (Å²) in [7, 11) is 0. The Kier molecular flexibility index (Phi) is 6.42. The van der Waals surface area contributed by atoms with Crippen LogP contribution in [0.25, 0.3) is 0 Å². The molecule has 1 heterocycles. The minimum atomic E-state index is -1.75. The predicted octanol–water partition coefficient (Wildman–Crippen LogP) is 4.12. The molecule has 1 amide bonds. The van der Waals surface area contributed by atoms with Gasteiger partial charge in [-0.3, -0.25) is 4.79 Å². The number of anilines is 1. The molecule has 0 fully saturated rings. The number of thiophene rings is 1. The van der Waals surface area contributed by atoms with Gasteiger partial charge in [-0.1, -0.05) is 0 Å². The number of benzene rings is 1. The summed E-state index contributed by atoms with van der Waals surface area (Å²) in [4.78, 5) is 24.8. The van der Waals surface area contributed by atoms with Crippen molar-refractivity contribution in [3.8, 4) is 5.75 Å². The van der Waals surface area contributed by atoms with Gasteiger partial charge in [-0.05, 0) is 26.3 Å². The lowest BCUT2D eigenvalue weighted by atomic mass is 10.1. The maximum atomic E-state index is 13.5. The maximum absolute atomic E-state index is 13.5. The van der Waals surface area contributed by atoms with Crippen LogP contribution in [0.5, 0.6) is 5.75 Å². The van der Waals surface area contributed by atoms with Gasteiger partial charge in [-0.15, -0.1) is 11.3 Å². The van der Waals surface area contributed by atoms with Gasteiger partial charge in [-0.2, -0.15) is 8.78 Å². The molecule has 10 heteroatoms. The highest BCUT2D eigenvalue weighted by Crippen LogP contribution is 2.33. The van der Waals surface area contributed by atoms with Crippen molar-refractivity contribution in [3.63, 3.8) is 0 Å². The number of hydrogen-bond acceptors (Lipinski definition) is 5. The Labute approximate surface area is 155 Å². The molecule has 27 heavy (non-hydrogen) atoms. The third-order valence-corrected chi connectivity index (χ3v) is 4.66. The second kappa shape index (κ2) is 8.38. The zero-order valence-electron chi connectivity index (χ0n) is 14.5. The molecule has 0 unspecified atom stereocenters. The number of halogens is 4. The van der Waals surface area contributed by atoms with E-state index in [1.165, 1.54) is 0 Å². The molecule has 0 radical (unpaired) electrons. The lowest BCUT2D eigenvalue weighted by molar-refractivity contribution is -0.118. The molecule has 1 aromatic carbocycles. The van der Waals surface area contributed by atoms with Gasteiger partial charge < -0.3 is 14.8 Å². The Bertz CT molecular complexity index is 872. The van der Waals surface area contributed by atoms with Crippen molar-refractivity contribution in [2.75, 3.05) is 18.5 Å². The topological polar surface area (TPSA) is 64.6 Å². The Morgan fingerprint density at radius 2 is 1.70 bits per heavy atom. The van der Waals surface area contributed by atoms with Gasteiger partial charge in [0, 0.05) is 10.9 Å². The molecular weight excluding hydrogens is 390 g/mol. The third-order valence-electron chi connectivity index (χ3n) is 3.54. The van der Waals surface area contributed by atoms with Gasteiger partial charge in [0.05, 0.1) is 12.2 Å². The summed E-state index contributed by atoms with van der Waals surface area (Å²) in [6.45, 7) is 4.22. The summed E-state index contributed by atoms with van der Waals surface area (Å²) >= 11 is 1.10. The molecule has 2 aromatic rings. The van der Waals surface area contributed by atoms with Crippen molar-refractivity contribution in [2.24, 2.45) is 0 Å². The predicted molar refractivity (Wildman–Crippen MR) is 90.1 cm³/mol. The van der Waals surface area contributed by atoms with Crippen molar-refractivity contribution in [1.82, 2.24) is 0 Å². The van der Waals surface area contributed by atoms with Crippen LogP contribution < -0.4 is 10.1 Å². The Hall–Kier alpha value is -2.62. The minimum Gasteiger partial charge on any atom is -0.477 e. The van der Waals surface area contributed by atoms with Crippen LogP contribution in [-0.4, -0.2) is 25.1 Å². The van der Waals surface area contributed by atoms with Crippen LogP contribution >= 0.6 is 11.3 Å². The van der Waals surface area contributed by atoms with E-state index in [9.17, 15) is 27.2 Å². The molecule has 0 spiro atoms. The normalized spacial score (nSPS) is 10.6. The molecule has 2 rings (SSSR count). The fourth-order valence-electron chi connectivity index (χ4n) is 2.14. The molecule has 5 nitrogen and oxygen atoms in total. The molecular formula is C17H15F4NO4S. The smallest absolute Gasteiger partial charge is 0.341 e. The van der Waals surface area contributed by atoms with Gasteiger partial charge in [-0.25, -0.2) is 13.6 Å². The van der Waals surface area contributed by atoms with Gasteiger partial charge in [0.1, 0.15) is 5.00 Å². The number of ether oxygens (including phenoxy) is 2. The van der Waals surface area contributed by atoms with E-state index in [1.54, 1.807) is 20.8 Å². The van der Waals surface area contributed by atoms with Crippen molar-refractivity contribution in [3.05, 3.63) is 45.3 Å². The van der Waals surface area contributed by atoms with Crippen molar-refractivity contribution in [2.45, 2.75) is 20.8 Å². The lowest BCUT2D eigenvalue weighted by Crippen LogP contribution is -2.22. The summed E-state index contributed by atoms with van der Waals surface area (Å²) in [5, 5.41) is 2.54. The Balaban J connectivity index is 2.16. The molecule has 0 aliphatic carbocycles. The van der Waals surface area contributed by atoms with Crippen LogP contribution in [0.15, 0.2) is 6.07 Å². The largest absolute Gasteiger partial charge is 0.477 e. The highest BCUT2D eigenvalue weighted by Gasteiger charge is 2.24. The molecule has 0 aliphatic rings. The third kappa shape index (κ3) is 4.38. The van der Waals surface area contributed by atoms with E-state index in [4.69, 9.17) is 4.74 Å². The van der Waals surface area contributed by atoms with E-state index in [0.717, 1.165) is 16.2 Å². The number of hydrogen-bond donors (Lipinski definition) is 1. The average molecular weight is 405 g/mol. The number of aryl methyl sites for hydroxylation is 1. The SMILES string of the molecule is CCOC(=O)c1c(NC(=O)COc2c(F)c(F)cc(F)c2F)sc(C)c1C. The van der Waals surface area contributed by atoms with Crippen LogP contribution in [0.4, 0.5) is 22.6 Å². The average Bonchev–Trinajstić information content (AvgIpc) is 2.87. The van der Waals surface area contributed by atoms with Crippen LogP contribution in [0.2, 0.25) is 0 Å². The van der Waals surface area contributed by atoms with Crippen molar-refractivity contribution >= 4 is 28.2 Å². The first-order chi connectivity index (χ1) is 12.7. The summed E-state index contributed by atoms with van der Waals surface area (Å²) in [5.41, 5.74) is 0.765. The fourth-order valence-corrected chi connectivity index (χ4v) is 3.21. The number of nitrogens with one attached hydrogen (secondary N) is 1. The number of rotatable bonds is 6. The van der Waals surface area contributed by atoms with Crippen LogP contribution in [0.3, 0.4) is 0 Å². The first-order valence-corrected chi connectivity index (χ1v) is 8.51. The van der Waals surface area contributed by atoms with Gasteiger partial charge >= 0.3 is 5.97 Å². The van der Waals surface area contributed by atoms with Crippen molar-refractivity contribution < 1.29 is 36.6 Å². The van der Waals surface area contributed by atoms with Crippen LogP contribution in [0.1, 0.15) is 27.7 Å². The summed E-state index contributed by atoms with van der Waals surface area (Å²) < 4.78 is 62.9. The zero-order valence-corrected chi connectivity index (χ0v) is 15.4. The second-order valence-corrected chi connectivity index (χ2v) is 6.57. The quantitative estimate of drug-likeness (QED) is 0.446. The Morgan fingerprint density at radius 3 is 2.26 bits per heavy atom. The van der Waals surface area contributed by atoms with Crippen LogP contribution in [0, 0.1) is 37.1 Å². The summed E-state index contributed by atoms with van der Waals surface area (Å²) in [6.07, 6.45) is 0. The lowest BCUT2D eigenvalue weighted by Gasteiger charge is -2.10. The highest BCUT2D eigenvalue weighted by atomic mass is 32.1. The van der Waals surface area contributed by atoms with E-state index in [2.05, 4.69) is 10.1 Å². The maximum Gasteiger partial charge on any atom is 0.341 e. The van der Waals surface area contributed by atoms with Gasteiger partial charge in [0.15, 0.2) is 24.0 Å². The molecule has 0 saturated carbocycles. The molecule has 0 atom stereocenters. The Morgan fingerprint density at radius 1 is 1.11 bits per heavy atom. The van der Waals surface area contributed by atoms with Gasteiger partial charge in [0.25, 0.3) is 5.91 Å². The van der Waals surface area contributed by atoms with E-state index in [0.29, 0.717) is 5.56 Å². The molecule has 0 saturated heterocycles. The number of carbonyl (C=O) groups excluding carboxylic acids is 2.